The molecule has 0 aromatic heterocycles. The number of rotatable bonds is 18. The van der Waals surface area contributed by atoms with Gasteiger partial charge in [0, 0.05) is 5.56 Å². The Kier molecular flexibility index (Phi) is 13.1. The smallest absolute Gasteiger partial charge is 0.185 e. The summed E-state index contributed by atoms with van der Waals surface area (Å²) in [7, 11) is 0. The third kappa shape index (κ3) is 11.3. The number of hydrogen-bond acceptors (Lipinski definition) is 2. The van der Waals surface area contributed by atoms with Crippen molar-refractivity contribution in [3.05, 3.63) is 114 Å². The predicted molar refractivity (Wildman–Crippen MR) is 158 cm³/mol. The fraction of sp³-hybridized carbons (Fsp3) is 0.343. The van der Waals surface area contributed by atoms with E-state index in [1.807, 2.05) is 30.3 Å². The Morgan fingerprint density at radius 3 is 1.84 bits per heavy atom. The van der Waals surface area contributed by atoms with Crippen LogP contribution in [0.25, 0.3) is 12.2 Å². The van der Waals surface area contributed by atoms with Gasteiger partial charge in [0.25, 0.3) is 0 Å². The van der Waals surface area contributed by atoms with Gasteiger partial charge in [0.1, 0.15) is 11.6 Å². The lowest BCUT2D eigenvalue weighted by atomic mass is 10.0. The summed E-state index contributed by atoms with van der Waals surface area (Å²) in [4.78, 5) is 12.2. The second-order valence-corrected chi connectivity index (χ2v) is 9.85. The van der Waals surface area contributed by atoms with E-state index < -0.39 is 0 Å². The van der Waals surface area contributed by atoms with E-state index in [2.05, 4.69) is 30.8 Å². The Labute approximate surface area is 228 Å². The fourth-order valence-corrected chi connectivity index (χ4v) is 4.41. The molecule has 0 saturated heterocycles. The molecule has 0 atom stereocenters. The minimum Gasteiger partial charge on any atom is -0.494 e. The normalized spacial score (nSPS) is 11.1. The van der Waals surface area contributed by atoms with Crippen LogP contribution in [0.3, 0.4) is 0 Å². The predicted octanol–water partition coefficient (Wildman–Crippen LogP) is 9.89. The Morgan fingerprint density at radius 2 is 1.24 bits per heavy atom. The van der Waals surface area contributed by atoms with Crippen LogP contribution in [0.15, 0.2) is 85.5 Å². The van der Waals surface area contributed by atoms with E-state index in [1.54, 1.807) is 6.08 Å². The summed E-state index contributed by atoms with van der Waals surface area (Å²) in [6.45, 7) is 4.54. The second kappa shape index (κ2) is 17.1. The first-order chi connectivity index (χ1) is 18.6. The molecule has 2 nitrogen and oxygen atoms in total. The number of ketones is 1. The number of benzene rings is 3. The van der Waals surface area contributed by atoms with Crippen molar-refractivity contribution in [1.82, 2.24) is 0 Å². The van der Waals surface area contributed by atoms with Crippen molar-refractivity contribution in [3.63, 3.8) is 0 Å². The first-order valence-corrected chi connectivity index (χ1v) is 14.1. The average Bonchev–Trinajstić information content (AvgIpc) is 2.95. The number of carbonyl (C=O) groups excluding carboxylic acids is 1. The molecule has 200 valence electrons. The summed E-state index contributed by atoms with van der Waals surface area (Å²) in [5, 5.41) is 0. The minimum atomic E-state index is -0.347. The zero-order valence-corrected chi connectivity index (χ0v) is 22.5. The van der Waals surface area contributed by atoms with Crippen LogP contribution >= 0.6 is 0 Å². The van der Waals surface area contributed by atoms with Crippen LogP contribution in [0.5, 0.6) is 5.75 Å². The highest BCUT2D eigenvalue weighted by atomic mass is 19.1. The largest absolute Gasteiger partial charge is 0.494 e. The number of allylic oxidation sites excluding steroid dienone is 1. The molecule has 0 amide bonds. The van der Waals surface area contributed by atoms with Gasteiger partial charge in [-0.25, -0.2) is 4.39 Å². The quantitative estimate of drug-likeness (QED) is 0.0963. The molecular formula is C35H41FO2. The van der Waals surface area contributed by atoms with Crippen LogP contribution in [-0.2, 0) is 6.42 Å². The van der Waals surface area contributed by atoms with E-state index in [1.165, 1.54) is 106 Å². The summed E-state index contributed by atoms with van der Waals surface area (Å²) < 4.78 is 18.8. The van der Waals surface area contributed by atoms with E-state index >= 15 is 0 Å². The molecule has 0 aliphatic heterocycles. The second-order valence-electron chi connectivity index (χ2n) is 9.85. The number of halogens is 1. The van der Waals surface area contributed by atoms with E-state index in [0.717, 1.165) is 24.3 Å². The lowest BCUT2D eigenvalue weighted by molar-refractivity contribution is 0.104. The van der Waals surface area contributed by atoms with Gasteiger partial charge in [0.05, 0.1) is 6.61 Å². The van der Waals surface area contributed by atoms with Gasteiger partial charge in [-0.15, -0.1) is 0 Å². The summed E-state index contributed by atoms with van der Waals surface area (Å²) in [5.74, 6) is 0.355. The van der Waals surface area contributed by atoms with Crippen LogP contribution in [0.4, 0.5) is 4.39 Å². The van der Waals surface area contributed by atoms with Crippen LogP contribution in [0.2, 0.25) is 0 Å². The molecule has 0 aliphatic rings. The van der Waals surface area contributed by atoms with E-state index in [4.69, 9.17) is 4.74 Å². The number of unbranched alkanes of at least 4 members (excludes halogenated alkanes) is 9. The molecule has 0 N–H and O–H groups in total. The Bertz CT molecular complexity index is 1110. The highest BCUT2D eigenvalue weighted by Gasteiger charge is 2.02. The number of ether oxygens (including phenoxy) is 1. The molecule has 3 heteroatoms. The van der Waals surface area contributed by atoms with Gasteiger partial charge >= 0.3 is 0 Å². The molecule has 0 unspecified atom stereocenters. The van der Waals surface area contributed by atoms with E-state index in [9.17, 15) is 9.18 Å². The molecule has 3 rings (SSSR count). The molecule has 0 heterocycles. The standard InChI is InChI=1S/C35H41FO2/c1-2-29-14-16-30(17-15-29)13-11-9-7-5-3-4-6-8-10-12-28-38-34-25-18-31(19-26-34)20-27-35(37)32-21-23-33(36)24-22-32/h2,14-27H,1,3-13,28H2/b27-20+. The van der Waals surface area contributed by atoms with Crippen LogP contribution in [-0.4, -0.2) is 12.4 Å². The first-order valence-electron chi connectivity index (χ1n) is 14.1. The molecule has 0 bridgehead atoms. The van der Waals surface area contributed by atoms with Gasteiger partial charge in [0.2, 0.25) is 0 Å². The van der Waals surface area contributed by atoms with Crippen molar-refractivity contribution in [3.8, 4) is 5.75 Å². The van der Waals surface area contributed by atoms with Gasteiger partial charge in [0.15, 0.2) is 5.78 Å². The maximum Gasteiger partial charge on any atom is 0.185 e. The van der Waals surface area contributed by atoms with Crippen molar-refractivity contribution in [2.45, 2.75) is 70.6 Å². The summed E-state index contributed by atoms with van der Waals surface area (Å²) in [5.41, 5.74) is 4.02. The molecular weight excluding hydrogens is 471 g/mol. The molecule has 0 radical (unpaired) electrons. The Balaban J connectivity index is 1.15. The lowest BCUT2D eigenvalue weighted by Crippen LogP contribution is -1.97. The zero-order chi connectivity index (χ0) is 26.8. The van der Waals surface area contributed by atoms with Gasteiger partial charge in [-0.1, -0.05) is 106 Å². The van der Waals surface area contributed by atoms with Gasteiger partial charge in [-0.2, -0.15) is 0 Å². The Hall–Kier alpha value is -3.46. The summed E-state index contributed by atoms with van der Waals surface area (Å²) >= 11 is 0. The van der Waals surface area contributed by atoms with Gasteiger partial charge in [-0.3, -0.25) is 4.79 Å². The monoisotopic (exact) mass is 512 g/mol. The highest BCUT2D eigenvalue weighted by Crippen LogP contribution is 2.16. The fourth-order valence-electron chi connectivity index (χ4n) is 4.41. The van der Waals surface area contributed by atoms with Crippen molar-refractivity contribution < 1.29 is 13.9 Å². The summed E-state index contributed by atoms with van der Waals surface area (Å²) in [6, 6.07) is 22.1. The molecule has 3 aromatic rings. The summed E-state index contributed by atoms with van der Waals surface area (Å²) in [6.07, 6.45) is 19.2. The van der Waals surface area contributed by atoms with E-state index in [-0.39, 0.29) is 11.6 Å². The molecule has 0 spiro atoms. The van der Waals surface area contributed by atoms with Gasteiger partial charge < -0.3 is 4.74 Å². The number of hydrogen-bond donors (Lipinski definition) is 0. The van der Waals surface area contributed by atoms with Crippen molar-refractivity contribution >= 4 is 17.9 Å². The SMILES string of the molecule is C=Cc1ccc(CCCCCCCCCCCCOc2ccc(/C=C/C(=O)c3ccc(F)cc3)cc2)cc1. The number of carbonyl (C=O) groups is 1. The molecule has 0 saturated carbocycles. The third-order valence-corrected chi connectivity index (χ3v) is 6.78. The van der Waals surface area contributed by atoms with Crippen molar-refractivity contribution in [1.29, 1.82) is 0 Å². The zero-order valence-electron chi connectivity index (χ0n) is 22.5. The van der Waals surface area contributed by atoms with Crippen molar-refractivity contribution in [2.24, 2.45) is 0 Å². The van der Waals surface area contributed by atoms with Crippen molar-refractivity contribution in [2.75, 3.05) is 6.61 Å². The molecule has 3 aromatic carbocycles. The maximum absolute atomic E-state index is 13.0. The van der Waals surface area contributed by atoms with Crippen LogP contribution < -0.4 is 4.74 Å². The lowest BCUT2D eigenvalue weighted by Gasteiger charge is -2.07. The minimum absolute atomic E-state index is 0.146. The molecule has 0 aliphatic carbocycles. The third-order valence-electron chi connectivity index (χ3n) is 6.78. The average molecular weight is 513 g/mol. The highest BCUT2D eigenvalue weighted by molar-refractivity contribution is 6.06. The molecule has 0 fully saturated rings. The first kappa shape index (κ1) is 29.1. The van der Waals surface area contributed by atoms with Gasteiger partial charge in [-0.05, 0) is 78.4 Å². The van der Waals surface area contributed by atoms with Crippen LogP contribution in [0.1, 0.15) is 91.3 Å². The maximum atomic E-state index is 13.0. The number of aryl methyl sites for hydroxylation is 1. The molecule has 38 heavy (non-hydrogen) atoms. The van der Waals surface area contributed by atoms with Crippen LogP contribution in [0, 0.1) is 5.82 Å². The Morgan fingerprint density at radius 1 is 0.684 bits per heavy atom. The topological polar surface area (TPSA) is 26.3 Å². The van der Waals surface area contributed by atoms with E-state index in [0.29, 0.717) is 5.56 Å².